The Kier molecular flexibility index (Phi) is 4.43. The Morgan fingerprint density at radius 3 is 2.60 bits per heavy atom. The van der Waals surface area contributed by atoms with Crippen LogP contribution in [0.4, 0.5) is 0 Å². The molecule has 0 saturated heterocycles. The van der Waals surface area contributed by atoms with Crippen molar-refractivity contribution in [3.8, 4) is 0 Å². The fraction of sp³-hybridized carbons (Fsp3) is 0.143. The quantitative estimate of drug-likeness (QED) is 0.794. The number of hydrogen-bond donors (Lipinski definition) is 2. The van der Waals surface area contributed by atoms with Crippen LogP contribution in [-0.4, -0.2) is 17.0 Å². The van der Waals surface area contributed by atoms with Crippen LogP contribution in [0.5, 0.6) is 0 Å². The first-order valence-electron chi connectivity index (χ1n) is 5.84. The Morgan fingerprint density at radius 1 is 1.30 bits per heavy atom. The Bertz CT molecular complexity index is 663. The molecular formula is C14H12INO4. The Morgan fingerprint density at radius 2 is 2.00 bits per heavy atom. The molecule has 104 valence electrons. The van der Waals surface area contributed by atoms with E-state index in [-0.39, 0.29) is 18.0 Å². The molecular weight excluding hydrogens is 373 g/mol. The third-order valence-corrected chi connectivity index (χ3v) is 3.68. The molecule has 6 heteroatoms. The second-order valence-corrected chi connectivity index (χ2v) is 5.31. The van der Waals surface area contributed by atoms with Crippen LogP contribution in [0.3, 0.4) is 0 Å². The van der Waals surface area contributed by atoms with Crippen LogP contribution in [0.1, 0.15) is 32.2 Å². The highest BCUT2D eigenvalue weighted by Crippen LogP contribution is 2.15. The van der Waals surface area contributed by atoms with Gasteiger partial charge in [-0.25, -0.2) is 4.79 Å². The molecule has 0 fully saturated rings. The summed E-state index contributed by atoms with van der Waals surface area (Å²) in [7, 11) is 0. The van der Waals surface area contributed by atoms with E-state index < -0.39 is 5.97 Å². The normalized spacial score (nSPS) is 10.3. The lowest BCUT2D eigenvalue weighted by molar-refractivity contribution is 0.0694. The summed E-state index contributed by atoms with van der Waals surface area (Å²) in [6.07, 6.45) is 0. The number of amides is 1. The van der Waals surface area contributed by atoms with Crippen molar-refractivity contribution in [3.05, 3.63) is 56.5 Å². The van der Waals surface area contributed by atoms with Crippen molar-refractivity contribution >= 4 is 34.5 Å². The van der Waals surface area contributed by atoms with Gasteiger partial charge in [0.25, 0.3) is 5.91 Å². The number of rotatable bonds is 4. The molecule has 2 N–H and O–H groups in total. The number of furan rings is 1. The fourth-order valence-electron chi connectivity index (χ4n) is 1.75. The predicted molar refractivity (Wildman–Crippen MR) is 80.7 cm³/mol. The van der Waals surface area contributed by atoms with Gasteiger partial charge in [-0.2, -0.15) is 0 Å². The second kappa shape index (κ2) is 6.08. The number of carbonyl (C=O) groups excluding carboxylic acids is 1. The lowest BCUT2D eigenvalue weighted by Gasteiger charge is -2.04. The first kappa shape index (κ1) is 14.6. The number of aromatic carboxylic acids is 1. The molecule has 1 aromatic heterocycles. The van der Waals surface area contributed by atoms with Crippen molar-refractivity contribution in [1.29, 1.82) is 0 Å². The maximum atomic E-state index is 12.0. The Hall–Kier alpha value is -1.83. The zero-order valence-corrected chi connectivity index (χ0v) is 12.8. The van der Waals surface area contributed by atoms with E-state index in [1.54, 1.807) is 19.1 Å². The topological polar surface area (TPSA) is 79.5 Å². The molecule has 0 atom stereocenters. The summed E-state index contributed by atoms with van der Waals surface area (Å²) in [6, 6.07) is 8.64. The van der Waals surface area contributed by atoms with Crippen LogP contribution in [0.15, 0.2) is 34.7 Å². The number of carboxylic acid groups (broad SMARTS) is 1. The molecule has 0 aliphatic rings. The van der Waals surface area contributed by atoms with Crippen LogP contribution in [0, 0.1) is 10.5 Å². The third kappa shape index (κ3) is 3.19. The Balaban J connectivity index is 2.06. The first-order chi connectivity index (χ1) is 9.49. The van der Waals surface area contributed by atoms with Crippen molar-refractivity contribution < 1.29 is 19.1 Å². The molecule has 0 aliphatic heterocycles. The number of halogens is 1. The molecule has 1 amide bonds. The van der Waals surface area contributed by atoms with Crippen molar-refractivity contribution in [2.75, 3.05) is 0 Å². The summed E-state index contributed by atoms with van der Waals surface area (Å²) < 4.78 is 6.15. The van der Waals surface area contributed by atoms with E-state index in [9.17, 15) is 9.59 Å². The van der Waals surface area contributed by atoms with Gasteiger partial charge in [0.1, 0.15) is 17.1 Å². The molecule has 0 spiro atoms. The molecule has 0 radical (unpaired) electrons. The maximum Gasteiger partial charge on any atom is 0.339 e. The van der Waals surface area contributed by atoms with Crippen LogP contribution in [-0.2, 0) is 6.54 Å². The third-order valence-electron chi connectivity index (χ3n) is 2.74. The van der Waals surface area contributed by atoms with Crippen molar-refractivity contribution in [2.24, 2.45) is 0 Å². The molecule has 5 nitrogen and oxygen atoms in total. The van der Waals surface area contributed by atoms with E-state index in [4.69, 9.17) is 9.52 Å². The van der Waals surface area contributed by atoms with Gasteiger partial charge < -0.3 is 14.8 Å². The fourth-order valence-corrected chi connectivity index (χ4v) is 2.38. The van der Waals surface area contributed by atoms with Crippen LogP contribution >= 0.6 is 22.6 Å². The lowest BCUT2D eigenvalue weighted by Crippen LogP contribution is -2.23. The second-order valence-electron chi connectivity index (χ2n) is 4.15. The standard InChI is InChI=1S/C14H12INO4/c1-8-11(14(18)19)6-9(20-8)7-16-13(17)10-4-2-3-5-12(10)15/h2-6H,7H2,1H3,(H,16,17)(H,18,19). The summed E-state index contributed by atoms with van der Waals surface area (Å²) >= 11 is 2.09. The zero-order valence-electron chi connectivity index (χ0n) is 10.6. The summed E-state index contributed by atoms with van der Waals surface area (Å²) in [4.78, 5) is 22.9. The highest BCUT2D eigenvalue weighted by Gasteiger charge is 2.15. The predicted octanol–water partition coefficient (Wildman–Crippen LogP) is 2.82. The molecule has 2 aromatic rings. The molecule has 0 bridgehead atoms. The lowest BCUT2D eigenvalue weighted by atomic mass is 10.2. The molecule has 20 heavy (non-hydrogen) atoms. The van der Waals surface area contributed by atoms with Gasteiger partial charge in [0, 0.05) is 3.57 Å². The number of carboxylic acids is 1. The Labute approximate surface area is 129 Å². The maximum absolute atomic E-state index is 12.0. The number of nitrogens with one attached hydrogen (secondary N) is 1. The van der Waals surface area contributed by atoms with E-state index in [2.05, 4.69) is 27.9 Å². The van der Waals surface area contributed by atoms with Gasteiger partial charge in [-0.1, -0.05) is 12.1 Å². The molecule has 0 unspecified atom stereocenters. The number of carbonyl (C=O) groups is 2. The van der Waals surface area contributed by atoms with Crippen LogP contribution < -0.4 is 5.32 Å². The average Bonchev–Trinajstić information content (AvgIpc) is 2.78. The number of hydrogen-bond acceptors (Lipinski definition) is 3. The number of benzene rings is 1. The van der Waals surface area contributed by atoms with Gasteiger partial charge in [-0.05, 0) is 47.7 Å². The summed E-state index contributed by atoms with van der Waals surface area (Å²) in [5.41, 5.74) is 0.693. The average molecular weight is 385 g/mol. The van der Waals surface area contributed by atoms with E-state index >= 15 is 0 Å². The van der Waals surface area contributed by atoms with Gasteiger partial charge in [0.15, 0.2) is 0 Å². The van der Waals surface area contributed by atoms with E-state index in [1.165, 1.54) is 6.07 Å². The van der Waals surface area contributed by atoms with Crippen molar-refractivity contribution in [3.63, 3.8) is 0 Å². The van der Waals surface area contributed by atoms with Gasteiger partial charge >= 0.3 is 5.97 Å². The first-order valence-corrected chi connectivity index (χ1v) is 6.92. The van der Waals surface area contributed by atoms with Crippen molar-refractivity contribution in [1.82, 2.24) is 5.32 Å². The summed E-state index contributed by atoms with van der Waals surface area (Å²) in [5.74, 6) is -0.516. The SMILES string of the molecule is Cc1oc(CNC(=O)c2ccccc2I)cc1C(=O)O. The molecule has 1 aromatic carbocycles. The van der Waals surface area contributed by atoms with Gasteiger partial charge in [0.2, 0.25) is 0 Å². The molecule has 0 aliphatic carbocycles. The summed E-state index contributed by atoms with van der Waals surface area (Å²) in [6.45, 7) is 1.73. The molecule has 0 saturated carbocycles. The van der Waals surface area contributed by atoms with Gasteiger partial charge in [0.05, 0.1) is 12.1 Å². The van der Waals surface area contributed by atoms with Gasteiger partial charge in [-0.15, -0.1) is 0 Å². The smallest absolute Gasteiger partial charge is 0.339 e. The minimum absolute atomic E-state index is 0.114. The monoisotopic (exact) mass is 385 g/mol. The minimum Gasteiger partial charge on any atom is -0.478 e. The van der Waals surface area contributed by atoms with Crippen molar-refractivity contribution in [2.45, 2.75) is 13.5 Å². The highest BCUT2D eigenvalue weighted by atomic mass is 127. The van der Waals surface area contributed by atoms with E-state index in [0.29, 0.717) is 17.1 Å². The molecule has 1 heterocycles. The van der Waals surface area contributed by atoms with Crippen LogP contribution in [0.25, 0.3) is 0 Å². The molecule has 2 rings (SSSR count). The van der Waals surface area contributed by atoms with E-state index in [0.717, 1.165) is 3.57 Å². The van der Waals surface area contributed by atoms with Gasteiger partial charge in [-0.3, -0.25) is 4.79 Å². The minimum atomic E-state index is -1.04. The van der Waals surface area contributed by atoms with E-state index in [1.807, 2.05) is 12.1 Å². The number of aryl methyl sites for hydroxylation is 1. The summed E-state index contributed by atoms with van der Waals surface area (Å²) in [5, 5.41) is 11.6. The largest absolute Gasteiger partial charge is 0.478 e. The van der Waals surface area contributed by atoms with Crippen LogP contribution in [0.2, 0.25) is 0 Å². The highest BCUT2D eigenvalue weighted by molar-refractivity contribution is 14.1. The zero-order chi connectivity index (χ0) is 14.7.